The Balaban J connectivity index is 1.89. The molecule has 1 aromatic carbocycles. The number of nitrogens with zero attached hydrogens (tertiary/aromatic N) is 1. The Labute approximate surface area is 142 Å². The number of nitrogens with one attached hydrogen (secondary N) is 1. The number of carbonyl (C=O) groups is 1. The van der Waals surface area contributed by atoms with Crippen molar-refractivity contribution in [3.05, 3.63) is 17.2 Å². The van der Waals surface area contributed by atoms with Crippen molar-refractivity contribution >= 4 is 23.2 Å². The maximum Gasteiger partial charge on any atom is 0.224 e. The third kappa shape index (κ3) is 4.67. The summed E-state index contributed by atoms with van der Waals surface area (Å²) in [5.74, 6) is 2.13. The van der Waals surface area contributed by atoms with Gasteiger partial charge in [0.1, 0.15) is 11.5 Å². The van der Waals surface area contributed by atoms with Gasteiger partial charge in [-0.05, 0) is 18.8 Å². The molecule has 0 saturated carbocycles. The standard InChI is InChI=1S/C17H25ClN2O3/c1-12-5-8-20(9-6-12)17(21)4-7-19-14-11-15(22-2)13(18)10-16(14)23-3/h10-12,19H,4-9H2,1-3H3. The van der Waals surface area contributed by atoms with E-state index in [4.69, 9.17) is 21.1 Å². The van der Waals surface area contributed by atoms with Gasteiger partial charge in [0.2, 0.25) is 5.91 Å². The highest BCUT2D eigenvalue weighted by Crippen LogP contribution is 2.35. The highest BCUT2D eigenvalue weighted by atomic mass is 35.5. The minimum Gasteiger partial charge on any atom is -0.495 e. The van der Waals surface area contributed by atoms with Gasteiger partial charge >= 0.3 is 0 Å². The summed E-state index contributed by atoms with van der Waals surface area (Å²) in [5.41, 5.74) is 0.772. The summed E-state index contributed by atoms with van der Waals surface area (Å²) in [6.45, 7) is 4.53. The molecule has 1 aliphatic heterocycles. The Morgan fingerprint density at radius 2 is 1.91 bits per heavy atom. The number of benzene rings is 1. The largest absolute Gasteiger partial charge is 0.495 e. The molecule has 2 rings (SSSR count). The molecule has 0 spiro atoms. The molecule has 1 aromatic rings. The molecule has 1 fully saturated rings. The lowest BCUT2D eigenvalue weighted by Gasteiger charge is -2.30. The minimum atomic E-state index is 0.198. The van der Waals surface area contributed by atoms with Crippen molar-refractivity contribution in [2.24, 2.45) is 5.92 Å². The maximum atomic E-state index is 12.2. The first-order chi connectivity index (χ1) is 11.0. The van der Waals surface area contributed by atoms with Crippen LogP contribution in [0.2, 0.25) is 5.02 Å². The van der Waals surface area contributed by atoms with Crippen molar-refractivity contribution in [3.8, 4) is 11.5 Å². The van der Waals surface area contributed by atoms with Gasteiger partial charge in [-0.3, -0.25) is 4.79 Å². The number of likely N-dealkylation sites (tertiary alicyclic amines) is 1. The summed E-state index contributed by atoms with van der Waals surface area (Å²) in [5, 5.41) is 3.73. The van der Waals surface area contributed by atoms with Crippen LogP contribution in [-0.2, 0) is 4.79 Å². The van der Waals surface area contributed by atoms with Crippen LogP contribution in [0.1, 0.15) is 26.2 Å². The lowest BCUT2D eigenvalue weighted by Crippen LogP contribution is -2.38. The van der Waals surface area contributed by atoms with Crippen molar-refractivity contribution in [1.29, 1.82) is 0 Å². The Morgan fingerprint density at radius 1 is 1.26 bits per heavy atom. The lowest BCUT2D eigenvalue weighted by molar-refractivity contribution is -0.132. The van der Waals surface area contributed by atoms with Crippen LogP contribution in [-0.4, -0.2) is 44.7 Å². The van der Waals surface area contributed by atoms with Crippen molar-refractivity contribution in [1.82, 2.24) is 4.90 Å². The maximum absolute atomic E-state index is 12.2. The van der Waals surface area contributed by atoms with Gasteiger partial charge in [-0.25, -0.2) is 0 Å². The number of amides is 1. The van der Waals surface area contributed by atoms with Gasteiger partial charge in [-0.2, -0.15) is 0 Å². The van der Waals surface area contributed by atoms with Crippen molar-refractivity contribution < 1.29 is 14.3 Å². The highest BCUT2D eigenvalue weighted by molar-refractivity contribution is 6.32. The number of halogens is 1. The van der Waals surface area contributed by atoms with E-state index in [1.54, 1.807) is 26.4 Å². The fourth-order valence-electron chi connectivity index (χ4n) is 2.72. The van der Waals surface area contributed by atoms with Gasteiger partial charge in [0.25, 0.3) is 0 Å². The second-order valence-corrected chi connectivity index (χ2v) is 6.33. The summed E-state index contributed by atoms with van der Waals surface area (Å²) in [6, 6.07) is 3.49. The molecule has 128 valence electrons. The second-order valence-electron chi connectivity index (χ2n) is 5.93. The molecule has 1 N–H and O–H groups in total. The van der Waals surface area contributed by atoms with Crippen LogP contribution in [0.3, 0.4) is 0 Å². The average molecular weight is 341 g/mol. The SMILES string of the molecule is COc1cc(NCCC(=O)N2CCC(C)CC2)c(OC)cc1Cl. The average Bonchev–Trinajstić information content (AvgIpc) is 2.56. The highest BCUT2D eigenvalue weighted by Gasteiger charge is 2.20. The zero-order valence-electron chi connectivity index (χ0n) is 14.0. The first-order valence-electron chi connectivity index (χ1n) is 7.98. The van der Waals surface area contributed by atoms with Crippen LogP contribution in [0.25, 0.3) is 0 Å². The first kappa shape index (κ1) is 17.7. The molecule has 0 aliphatic carbocycles. The monoisotopic (exact) mass is 340 g/mol. The van der Waals surface area contributed by atoms with Gasteiger partial charge < -0.3 is 19.7 Å². The predicted octanol–water partition coefficient (Wildman–Crippen LogP) is 3.42. The van der Waals surface area contributed by atoms with E-state index < -0.39 is 0 Å². The fraction of sp³-hybridized carbons (Fsp3) is 0.588. The van der Waals surface area contributed by atoms with Crippen LogP contribution in [0.5, 0.6) is 11.5 Å². The summed E-state index contributed by atoms with van der Waals surface area (Å²) >= 11 is 6.08. The lowest BCUT2D eigenvalue weighted by atomic mass is 9.99. The van der Waals surface area contributed by atoms with Gasteiger partial charge in [0.05, 0.1) is 24.9 Å². The van der Waals surface area contributed by atoms with Crippen LogP contribution in [0.4, 0.5) is 5.69 Å². The molecule has 0 aromatic heterocycles. The topological polar surface area (TPSA) is 50.8 Å². The molecule has 5 nitrogen and oxygen atoms in total. The molecule has 0 atom stereocenters. The number of piperidine rings is 1. The fourth-order valence-corrected chi connectivity index (χ4v) is 2.95. The normalized spacial score (nSPS) is 15.4. The van der Waals surface area contributed by atoms with Crippen LogP contribution in [0.15, 0.2) is 12.1 Å². The Morgan fingerprint density at radius 3 is 2.52 bits per heavy atom. The summed E-state index contributed by atoms with van der Waals surface area (Å²) in [7, 11) is 3.15. The molecular weight excluding hydrogens is 316 g/mol. The van der Waals surface area contributed by atoms with E-state index in [0.717, 1.165) is 37.5 Å². The van der Waals surface area contributed by atoms with E-state index in [0.29, 0.717) is 29.5 Å². The third-order valence-corrected chi connectivity index (χ3v) is 4.56. The van der Waals surface area contributed by atoms with Gasteiger partial charge in [-0.1, -0.05) is 18.5 Å². The molecule has 6 heteroatoms. The van der Waals surface area contributed by atoms with E-state index >= 15 is 0 Å². The summed E-state index contributed by atoms with van der Waals surface area (Å²) < 4.78 is 10.5. The molecule has 1 saturated heterocycles. The minimum absolute atomic E-state index is 0.198. The first-order valence-corrected chi connectivity index (χ1v) is 8.36. The van der Waals surface area contributed by atoms with Crippen LogP contribution in [0, 0.1) is 5.92 Å². The molecule has 23 heavy (non-hydrogen) atoms. The second kappa shape index (κ2) is 8.29. The zero-order valence-corrected chi connectivity index (χ0v) is 14.8. The smallest absolute Gasteiger partial charge is 0.224 e. The van der Waals surface area contributed by atoms with E-state index in [1.165, 1.54) is 0 Å². The van der Waals surface area contributed by atoms with E-state index in [-0.39, 0.29) is 5.91 Å². The molecule has 1 heterocycles. The number of hydrogen-bond donors (Lipinski definition) is 1. The summed E-state index contributed by atoms with van der Waals surface area (Å²) in [4.78, 5) is 14.2. The molecule has 0 unspecified atom stereocenters. The van der Waals surface area contributed by atoms with Crippen molar-refractivity contribution in [2.45, 2.75) is 26.2 Å². The summed E-state index contributed by atoms with van der Waals surface area (Å²) in [6.07, 6.45) is 2.66. The van der Waals surface area contributed by atoms with E-state index in [2.05, 4.69) is 12.2 Å². The van der Waals surface area contributed by atoms with Crippen LogP contribution >= 0.6 is 11.6 Å². The molecular formula is C17H25ClN2O3. The van der Waals surface area contributed by atoms with E-state index in [9.17, 15) is 4.79 Å². The van der Waals surface area contributed by atoms with Gasteiger partial charge in [-0.15, -0.1) is 0 Å². The number of methoxy groups -OCH3 is 2. The van der Waals surface area contributed by atoms with Gasteiger partial charge in [0.15, 0.2) is 0 Å². The Hall–Kier alpha value is -1.62. The van der Waals surface area contributed by atoms with E-state index in [1.807, 2.05) is 4.90 Å². The number of hydrogen-bond acceptors (Lipinski definition) is 4. The van der Waals surface area contributed by atoms with Crippen molar-refractivity contribution in [3.63, 3.8) is 0 Å². The third-order valence-electron chi connectivity index (χ3n) is 4.26. The number of ether oxygens (including phenoxy) is 2. The molecule has 0 bridgehead atoms. The molecule has 0 radical (unpaired) electrons. The number of anilines is 1. The van der Waals surface area contributed by atoms with Gasteiger partial charge in [0, 0.05) is 38.2 Å². The Bertz CT molecular complexity index is 543. The van der Waals surface area contributed by atoms with Crippen molar-refractivity contribution in [2.75, 3.05) is 39.2 Å². The Kier molecular flexibility index (Phi) is 6.39. The quantitative estimate of drug-likeness (QED) is 0.862. The number of carbonyl (C=O) groups excluding carboxylic acids is 1. The van der Waals surface area contributed by atoms with Crippen LogP contribution < -0.4 is 14.8 Å². The number of rotatable bonds is 6. The molecule has 1 aliphatic rings. The predicted molar refractivity (Wildman–Crippen MR) is 92.6 cm³/mol. The molecule has 1 amide bonds. The zero-order chi connectivity index (χ0) is 16.8.